The minimum Gasteiger partial charge on any atom is -0.475 e. The lowest BCUT2D eigenvalue weighted by molar-refractivity contribution is -0.192. The van der Waals surface area contributed by atoms with Gasteiger partial charge < -0.3 is 14.8 Å². The van der Waals surface area contributed by atoms with Crippen LogP contribution in [0.3, 0.4) is 0 Å². The molecule has 0 aliphatic carbocycles. The lowest BCUT2D eigenvalue weighted by atomic mass is 10.1. The fourth-order valence-corrected chi connectivity index (χ4v) is 3.99. The molecule has 12 heteroatoms. The van der Waals surface area contributed by atoms with Crippen molar-refractivity contribution in [3.8, 4) is 16.8 Å². The molecule has 1 aliphatic heterocycles. The van der Waals surface area contributed by atoms with Gasteiger partial charge in [-0.1, -0.05) is 32.0 Å². The first kappa shape index (κ1) is 28.0. The zero-order chi connectivity index (χ0) is 28.2. The van der Waals surface area contributed by atoms with Gasteiger partial charge in [0.15, 0.2) is 0 Å². The Labute approximate surface area is 221 Å². The molecule has 206 valence electrons. The van der Waals surface area contributed by atoms with Gasteiger partial charge in [-0.05, 0) is 35.4 Å². The standard InChI is InChI=1S/C25H27N5O2.C2HF3O2/c1-17(2)24-27-23-8-5-19(13-22(23)25(31)28-24)20-14-26-30(16-20)21-6-3-18(4-7-21)15-29-9-11-32-12-10-29;3-2(4,5)1(6)7/h3-8,13-14,16-17H,9-12,15H2,1-2H3,(H,27,28,31);(H,6,7). The molecule has 5 rings (SSSR count). The SMILES string of the molecule is CC(C)c1nc2ccc(-c3cnn(-c4ccc(CN5CCOCC5)cc4)c3)cc2c(=O)[nH]1.O=C(O)C(F)(F)F. The number of H-pyrrole nitrogens is 1. The minimum absolute atomic E-state index is 0.108. The van der Waals surface area contributed by atoms with Gasteiger partial charge in [-0.3, -0.25) is 9.69 Å². The van der Waals surface area contributed by atoms with Crippen molar-refractivity contribution in [3.63, 3.8) is 0 Å². The van der Waals surface area contributed by atoms with E-state index in [9.17, 15) is 18.0 Å². The highest BCUT2D eigenvalue weighted by Crippen LogP contribution is 2.24. The van der Waals surface area contributed by atoms with E-state index in [1.807, 2.05) is 49.1 Å². The van der Waals surface area contributed by atoms with Gasteiger partial charge in [0.25, 0.3) is 5.56 Å². The third-order valence-corrected chi connectivity index (χ3v) is 6.14. The number of rotatable bonds is 5. The lowest BCUT2D eigenvalue weighted by Crippen LogP contribution is -2.35. The number of fused-ring (bicyclic) bond motifs is 1. The van der Waals surface area contributed by atoms with Gasteiger partial charge in [0, 0.05) is 37.3 Å². The van der Waals surface area contributed by atoms with E-state index in [1.54, 1.807) is 0 Å². The molecule has 0 atom stereocenters. The number of benzene rings is 2. The van der Waals surface area contributed by atoms with Crippen molar-refractivity contribution in [2.24, 2.45) is 0 Å². The topological polar surface area (TPSA) is 113 Å². The van der Waals surface area contributed by atoms with Crippen LogP contribution in [0.25, 0.3) is 27.7 Å². The van der Waals surface area contributed by atoms with Crippen LogP contribution in [0.4, 0.5) is 13.2 Å². The predicted molar refractivity (Wildman–Crippen MR) is 139 cm³/mol. The summed E-state index contributed by atoms with van der Waals surface area (Å²) in [5.41, 5.74) is 4.79. The highest BCUT2D eigenvalue weighted by molar-refractivity contribution is 5.83. The Balaban J connectivity index is 0.000000448. The molecule has 39 heavy (non-hydrogen) atoms. The number of carbonyl (C=O) groups is 1. The number of aromatic amines is 1. The number of nitrogens with zero attached hydrogens (tertiary/aromatic N) is 4. The van der Waals surface area contributed by atoms with Gasteiger partial charge >= 0.3 is 12.1 Å². The Kier molecular flexibility index (Phi) is 8.46. The maximum Gasteiger partial charge on any atom is 0.490 e. The highest BCUT2D eigenvalue weighted by atomic mass is 19.4. The summed E-state index contributed by atoms with van der Waals surface area (Å²) in [6.07, 6.45) is -1.27. The Hall–Kier alpha value is -4.03. The van der Waals surface area contributed by atoms with Crippen molar-refractivity contribution in [1.29, 1.82) is 0 Å². The lowest BCUT2D eigenvalue weighted by Gasteiger charge is -2.26. The van der Waals surface area contributed by atoms with E-state index in [-0.39, 0.29) is 11.5 Å². The second-order valence-corrected chi connectivity index (χ2v) is 9.37. The Morgan fingerprint density at radius 1 is 1.10 bits per heavy atom. The van der Waals surface area contributed by atoms with Crippen LogP contribution in [0.15, 0.2) is 59.7 Å². The number of halogens is 3. The molecule has 2 aromatic carbocycles. The van der Waals surface area contributed by atoms with Crippen molar-refractivity contribution < 1.29 is 27.8 Å². The monoisotopic (exact) mass is 543 g/mol. The molecule has 0 radical (unpaired) electrons. The zero-order valence-corrected chi connectivity index (χ0v) is 21.4. The van der Waals surface area contributed by atoms with Crippen LogP contribution in [0.5, 0.6) is 0 Å². The maximum absolute atomic E-state index is 12.6. The van der Waals surface area contributed by atoms with Crippen LogP contribution in [-0.2, 0) is 16.1 Å². The van der Waals surface area contributed by atoms with Gasteiger partial charge in [0.05, 0.1) is 36.0 Å². The first-order valence-corrected chi connectivity index (χ1v) is 12.3. The zero-order valence-electron chi connectivity index (χ0n) is 21.4. The van der Waals surface area contributed by atoms with E-state index in [2.05, 4.69) is 44.2 Å². The molecule has 3 heterocycles. The van der Waals surface area contributed by atoms with Crippen molar-refractivity contribution in [2.75, 3.05) is 26.3 Å². The second-order valence-electron chi connectivity index (χ2n) is 9.37. The molecule has 0 saturated carbocycles. The van der Waals surface area contributed by atoms with Crippen molar-refractivity contribution in [3.05, 3.63) is 76.6 Å². The normalized spacial score (nSPS) is 14.3. The van der Waals surface area contributed by atoms with E-state index in [0.29, 0.717) is 16.7 Å². The van der Waals surface area contributed by atoms with Crippen LogP contribution in [0.1, 0.15) is 31.2 Å². The number of hydrogen-bond acceptors (Lipinski definition) is 6. The molecule has 0 bridgehead atoms. The number of hydrogen-bond donors (Lipinski definition) is 2. The number of carboxylic acids is 1. The average Bonchev–Trinajstić information content (AvgIpc) is 3.40. The first-order chi connectivity index (χ1) is 18.5. The number of carboxylic acid groups (broad SMARTS) is 1. The Morgan fingerprint density at radius 3 is 2.38 bits per heavy atom. The summed E-state index contributed by atoms with van der Waals surface area (Å²) in [4.78, 5) is 31.3. The van der Waals surface area contributed by atoms with Crippen molar-refractivity contribution >= 4 is 16.9 Å². The number of ether oxygens (including phenoxy) is 1. The van der Waals surface area contributed by atoms with E-state index in [0.717, 1.165) is 49.7 Å². The van der Waals surface area contributed by atoms with E-state index >= 15 is 0 Å². The van der Waals surface area contributed by atoms with Gasteiger partial charge in [-0.2, -0.15) is 18.3 Å². The molecular formula is C27H28F3N5O4. The van der Waals surface area contributed by atoms with E-state index in [1.165, 1.54) is 5.56 Å². The van der Waals surface area contributed by atoms with Crippen LogP contribution >= 0.6 is 0 Å². The smallest absolute Gasteiger partial charge is 0.475 e. The summed E-state index contributed by atoms with van der Waals surface area (Å²) in [6.45, 7) is 8.55. The molecule has 4 aromatic rings. The van der Waals surface area contributed by atoms with E-state index < -0.39 is 12.1 Å². The van der Waals surface area contributed by atoms with Crippen LogP contribution in [0.2, 0.25) is 0 Å². The molecule has 0 unspecified atom stereocenters. The number of aliphatic carboxylic acids is 1. The quantitative estimate of drug-likeness (QED) is 0.385. The number of morpholine rings is 1. The minimum atomic E-state index is -5.08. The van der Waals surface area contributed by atoms with Crippen LogP contribution < -0.4 is 5.56 Å². The van der Waals surface area contributed by atoms with Crippen molar-refractivity contribution in [2.45, 2.75) is 32.5 Å². The highest BCUT2D eigenvalue weighted by Gasteiger charge is 2.38. The van der Waals surface area contributed by atoms with Crippen molar-refractivity contribution in [1.82, 2.24) is 24.6 Å². The van der Waals surface area contributed by atoms with Crippen LogP contribution in [0, 0.1) is 0 Å². The molecule has 2 aromatic heterocycles. The van der Waals surface area contributed by atoms with Gasteiger partial charge in [-0.15, -0.1) is 0 Å². The molecular weight excluding hydrogens is 515 g/mol. The molecule has 2 N–H and O–H groups in total. The number of alkyl halides is 3. The third-order valence-electron chi connectivity index (χ3n) is 6.14. The fourth-order valence-electron chi connectivity index (χ4n) is 3.99. The summed E-state index contributed by atoms with van der Waals surface area (Å²) in [7, 11) is 0. The summed E-state index contributed by atoms with van der Waals surface area (Å²) >= 11 is 0. The molecule has 0 spiro atoms. The third kappa shape index (κ3) is 7.09. The average molecular weight is 544 g/mol. The Morgan fingerprint density at radius 2 is 1.77 bits per heavy atom. The fraction of sp³-hybridized carbons (Fsp3) is 0.333. The van der Waals surface area contributed by atoms with Gasteiger partial charge in [0.1, 0.15) is 5.82 Å². The number of nitrogens with one attached hydrogen (secondary N) is 1. The van der Waals surface area contributed by atoms with E-state index in [4.69, 9.17) is 14.6 Å². The molecule has 9 nitrogen and oxygen atoms in total. The summed E-state index contributed by atoms with van der Waals surface area (Å²) in [5, 5.41) is 12.3. The summed E-state index contributed by atoms with van der Waals surface area (Å²) in [6, 6.07) is 14.3. The summed E-state index contributed by atoms with van der Waals surface area (Å²) < 4.78 is 39.0. The second kappa shape index (κ2) is 11.8. The maximum atomic E-state index is 12.6. The predicted octanol–water partition coefficient (Wildman–Crippen LogP) is 4.36. The molecule has 0 amide bonds. The Bertz CT molecular complexity index is 1490. The van der Waals surface area contributed by atoms with Crippen LogP contribution in [-0.4, -0.2) is 68.2 Å². The molecule has 1 saturated heterocycles. The number of aromatic nitrogens is 4. The largest absolute Gasteiger partial charge is 0.490 e. The van der Waals surface area contributed by atoms with Gasteiger partial charge in [0.2, 0.25) is 0 Å². The first-order valence-electron chi connectivity index (χ1n) is 12.3. The van der Waals surface area contributed by atoms with Gasteiger partial charge in [-0.25, -0.2) is 14.5 Å². The molecule has 1 aliphatic rings. The molecule has 1 fully saturated rings. The summed E-state index contributed by atoms with van der Waals surface area (Å²) in [5.74, 6) is -1.88.